The van der Waals surface area contributed by atoms with Crippen LogP contribution in [0.25, 0.3) is 0 Å². The lowest BCUT2D eigenvalue weighted by Gasteiger charge is -2.10. The molecule has 0 heterocycles. The molecule has 0 bridgehead atoms. The minimum absolute atomic E-state index is 0.112. The Labute approximate surface area is 141 Å². The first-order valence-electron chi connectivity index (χ1n) is 7.72. The average molecular weight is 324 g/mol. The van der Waals surface area contributed by atoms with Crippen LogP contribution in [0.1, 0.15) is 39.6 Å². The van der Waals surface area contributed by atoms with Gasteiger partial charge in [0.25, 0.3) is 5.91 Å². The number of para-hydroxylation sites is 1. The van der Waals surface area contributed by atoms with Gasteiger partial charge in [-0.3, -0.25) is 14.4 Å². The zero-order chi connectivity index (χ0) is 17.5. The molecule has 5 nitrogen and oxygen atoms in total. The molecule has 124 valence electrons. The van der Waals surface area contributed by atoms with Gasteiger partial charge in [-0.1, -0.05) is 30.3 Å². The minimum Gasteiger partial charge on any atom is -0.352 e. The van der Waals surface area contributed by atoms with E-state index < -0.39 is 0 Å². The van der Waals surface area contributed by atoms with Gasteiger partial charge in [0.05, 0.1) is 5.69 Å². The van der Waals surface area contributed by atoms with Gasteiger partial charge in [-0.25, -0.2) is 0 Å². The first-order chi connectivity index (χ1) is 11.5. The maximum absolute atomic E-state index is 12.1. The van der Waals surface area contributed by atoms with Crippen LogP contribution in [0.15, 0.2) is 48.5 Å². The normalized spacial score (nSPS) is 10.1. The fourth-order valence-electron chi connectivity index (χ4n) is 2.32. The molecular weight excluding hydrogens is 304 g/mol. The highest BCUT2D eigenvalue weighted by Crippen LogP contribution is 2.15. The smallest absolute Gasteiger partial charge is 0.251 e. The summed E-state index contributed by atoms with van der Waals surface area (Å²) < 4.78 is 0. The molecule has 2 aromatic rings. The molecule has 0 atom stereocenters. The Hall–Kier alpha value is -2.95. The Morgan fingerprint density at radius 2 is 1.54 bits per heavy atom. The van der Waals surface area contributed by atoms with Crippen molar-refractivity contribution in [2.75, 3.05) is 11.9 Å². The van der Waals surface area contributed by atoms with Crippen LogP contribution < -0.4 is 10.6 Å². The van der Waals surface area contributed by atoms with Gasteiger partial charge in [0.2, 0.25) is 5.91 Å². The van der Waals surface area contributed by atoms with Gasteiger partial charge in [0.15, 0.2) is 5.78 Å². The fourth-order valence-corrected chi connectivity index (χ4v) is 2.32. The summed E-state index contributed by atoms with van der Waals surface area (Å²) in [6, 6.07) is 14.1. The van der Waals surface area contributed by atoms with Crippen LogP contribution in [0.2, 0.25) is 0 Å². The fraction of sp³-hybridized carbons (Fsp3) is 0.211. The number of benzene rings is 2. The molecule has 2 amide bonds. The van der Waals surface area contributed by atoms with Crippen molar-refractivity contribution in [1.29, 1.82) is 0 Å². The Bertz CT molecular complexity index is 769. The lowest BCUT2D eigenvalue weighted by atomic mass is 10.1. The van der Waals surface area contributed by atoms with Gasteiger partial charge >= 0.3 is 0 Å². The molecule has 24 heavy (non-hydrogen) atoms. The first-order valence-corrected chi connectivity index (χ1v) is 7.72. The molecule has 0 spiro atoms. The topological polar surface area (TPSA) is 75.3 Å². The number of hydrogen-bond acceptors (Lipinski definition) is 3. The highest BCUT2D eigenvalue weighted by Gasteiger charge is 2.11. The van der Waals surface area contributed by atoms with E-state index in [1.807, 2.05) is 19.1 Å². The number of ketones is 1. The van der Waals surface area contributed by atoms with Crippen LogP contribution in [0.3, 0.4) is 0 Å². The van der Waals surface area contributed by atoms with E-state index >= 15 is 0 Å². The van der Waals surface area contributed by atoms with Crippen molar-refractivity contribution in [2.24, 2.45) is 0 Å². The second kappa shape index (κ2) is 8.06. The van der Waals surface area contributed by atoms with Gasteiger partial charge < -0.3 is 10.6 Å². The third-order valence-electron chi connectivity index (χ3n) is 3.61. The van der Waals surface area contributed by atoms with E-state index in [0.717, 1.165) is 5.56 Å². The largest absolute Gasteiger partial charge is 0.352 e. The Morgan fingerprint density at radius 3 is 2.21 bits per heavy atom. The maximum Gasteiger partial charge on any atom is 0.251 e. The maximum atomic E-state index is 12.1. The molecule has 0 aliphatic heterocycles. The number of aryl methyl sites for hydroxylation is 1. The van der Waals surface area contributed by atoms with E-state index in [2.05, 4.69) is 10.6 Å². The summed E-state index contributed by atoms with van der Waals surface area (Å²) in [5.74, 6) is -0.572. The van der Waals surface area contributed by atoms with Crippen LogP contribution in [0.4, 0.5) is 5.69 Å². The van der Waals surface area contributed by atoms with E-state index in [-0.39, 0.29) is 30.6 Å². The molecule has 2 aromatic carbocycles. The number of rotatable bonds is 6. The zero-order valence-electron chi connectivity index (χ0n) is 13.8. The number of nitrogens with one attached hydrogen (secondary N) is 2. The molecule has 0 aromatic heterocycles. The summed E-state index contributed by atoms with van der Waals surface area (Å²) in [7, 11) is 0. The third-order valence-corrected chi connectivity index (χ3v) is 3.61. The Balaban J connectivity index is 1.87. The summed E-state index contributed by atoms with van der Waals surface area (Å²) in [5.41, 5.74) is 2.43. The third kappa shape index (κ3) is 4.52. The number of hydrogen-bond donors (Lipinski definition) is 2. The van der Waals surface area contributed by atoms with Gasteiger partial charge in [-0.2, -0.15) is 0 Å². The molecular formula is C19H20N2O3. The summed E-state index contributed by atoms with van der Waals surface area (Å²) in [4.78, 5) is 35.6. The van der Waals surface area contributed by atoms with E-state index in [1.54, 1.807) is 36.4 Å². The molecule has 0 aliphatic carbocycles. The Kier molecular flexibility index (Phi) is 5.84. The summed E-state index contributed by atoms with van der Waals surface area (Å²) in [6.45, 7) is 3.54. The Morgan fingerprint density at radius 1 is 0.917 bits per heavy atom. The second-order valence-corrected chi connectivity index (χ2v) is 5.47. The van der Waals surface area contributed by atoms with Crippen LogP contribution in [-0.4, -0.2) is 24.1 Å². The number of carbonyl (C=O) groups excluding carboxylic acids is 3. The highest BCUT2D eigenvalue weighted by atomic mass is 16.2. The predicted octanol–water partition coefficient (Wildman–Crippen LogP) is 2.96. The predicted molar refractivity (Wildman–Crippen MR) is 93.2 cm³/mol. The molecule has 0 fully saturated rings. The van der Waals surface area contributed by atoms with Crippen LogP contribution in [-0.2, 0) is 4.79 Å². The van der Waals surface area contributed by atoms with Gasteiger partial charge in [-0.05, 0) is 37.6 Å². The average Bonchev–Trinajstić information content (AvgIpc) is 2.55. The molecule has 0 unspecified atom stereocenters. The lowest BCUT2D eigenvalue weighted by molar-refractivity contribution is -0.116. The summed E-state index contributed by atoms with van der Waals surface area (Å²) in [5, 5.41) is 5.43. The van der Waals surface area contributed by atoms with Crippen molar-refractivity contribution in [3.8, 4) is 0 Å². The highest BCUT2D eigenvalue weighted by molar-refractivity contribution is 6.03. The van der Waals surface area contributed by atoms with Gasteiger partial charge in [-0.15, -0.1) is 0 Å². The van der Waals surface area contributed by atoms with E-state index in [1.165, 1.54) is 6.92 Å². The first kappa shape index (κ1) is 17.4. The van der Waals surface area contributed by atoms with Crippen molar-refractivity contribution < 1.29 is 14.4 Å². The number of carbonyl (C=O) groups is 3. The summed E-state index contributed by atoms with van der Waals surface area (Å²) >= 11 is 0. The monoisotopic (exact) mass is 324 g/mol. The van der Waals surface area contributed by atoms with Crippen molar-refractivity contribution in [2.45, 2.75) is 20.3 Å². The van der Waals surface area contributed by atoms with Crippen molar-refractivity contribution in [3.63, 3.8) is 0 Å². The van der Waals surface area contributed by atoms with Crippen molar-refractivity contribution in [3.05, 3.63) is 65.2 Å². The standard InChI is InChI=1S/C19H20N2O3/c1-13-7-3-4-8-15(13)19(24)20-12-11-18(23)21-17-10-6-5-9-16(17)14(2)22/h3-10H,11-12H2,1-2H3,(H,20,24)(H,21,23). The van der Waals surface area contributed by atoms with E-state index in [0.29, 0.717) is 16.8 Å². The van der Waals surface area contributed by atoms with Gasteiger partial charge in [0, 0.05) is 24.1 Å². The van der Waals surface area contributed by atoms with Crippen LogP contribution in [0.5, 0.6) is 0 Å². The molecule has 2 rings (SSSR count). The quantitative estimate of drug-likeness (QED) is 0.802. The molecule has 5 heteroatoms. The number of amides is 2. The molecule has 2 N–H and O–H groups in total. The lowest BCUT2D eigenvalue weighted by Crippen LogP contribution is -2.28. The SMILES string of the molecule is CC(=O)c1ccccc1NC(=O)CCNC(=O)c1ccccc1C. The van der Waals surface area contributed by atoms with Crippen molar-refractivity contribution in [1.82, 2.24) is 5.32 Å². The molecule has 0 saturated carbocycles. The second-order valence-electron chi connectivity index (χ2n) is 5.47. The molecule has 0 saturated heterocycles. The zero-order valence-corrected chi connectivity index (χ0v) is 13.8. The molecule has 0 radical (unpaired) electrons. The minimum atomic E-state index is -0.256. The number of Topliss-reactive ketones (excluding diaryl/α,β-unsaturated/α-hetero) is 1. The summed E-state index contributed by atoms with van der Waals surface area (Å²) in [6.07, 6.45) is 0.129. The van der Waals surface area contributed by atoms with Gasteiger partial charge in [0.1, 0.15) is 0 Å². The van der Waals surface area contributed by atoms with E-state index in [4.69, 9.17) is 0 Å². The molecule has 0 aliphatic rings. The van der Waals surface area contributed by atoms with Crippen LogP contribution >= 0.6 is 0 Å². The number of anilines is 1. The van der Waals surface area contributed by atoms with Crippen molar-refractivity contribution >= 4 is 23.3 Å². The van der Waals surface area contributed by atoms with E-state index in [9.17, 15) is 14.4 Å². The van der Waals surface area contributed by atoms with Crippen LogP contribution in [0, 0.1) is 6.92 Å².